The molecule has 2 nitrogen and oxygen atoms in total. The van der Waals surface area contributed by atoms with Crippen molar-refractivity contribution >= 4 is 17.2 Å². The molecule has 46 valence electrons. The molecule has 3 heteroatoms. The fourth-order valence-corrected chi connectivity index (χ4v) is 0.740. The molecular weight excluding hydrogens is 134 g/mol. The highest BCUT2D eigenvalue weighted by atomic mass is 32.1. The van der Waals surface area contributed by atoms with E-state index in [2.05, 4.69) is 4.36 Å². The molecule has 1 aromatic rings. The van der Waals surface area contributed by atoms with Crippen molar-refractivity contribution in [2.75, 3.05) is 0 Å². The van der Waals surface area contributed by atoms with Crippen LogP contribution in [0.15, 0.2) is 34.7 Å². The lowest BCUT2D eigenvalue weighted by Crippen LogP contribution is -1.57. The first kappa shape index (κ1) is 6.16. The molecule has 1 rings (SSSR count). The molecule has 0 atom stereocenters. The number of hydrogen-bond acceptors (Lipinski definition) is 2. The number of rotatable bonds is 1. The maximum atomic E-state index is 9.85. The SMILES string of the molecule is O=S=Nc1ccccc1. The third-order valence-electron chi connectivity index (χ3n) is 0.899. The van der Waals surface area contributed by atoms with Gasteiger partial charge in [0.05, 0.1) is 5.69 Å². The Morgan fingerprint density at radius 3 is 2.44 bits per heavy atom. The van der Waals surface area contributed by atoms with Crippen LogP contribution in [0, 0.1) is 0 Å². The summed E-state index contributed by atoms with van der Waals surface area (Å²) < 4.78 is 13.4. The van der Waals surface area contributed by atoms with Crippen molar-refractivity contribution in [3.8, 4) is 0 Å². The summed E-state index contributed by atoms with van der Waals surface area (Å²) in [6.45, 7) is 0. The lowest BCUT2D eigenvalue weighted by Gasteiger charge is -1.82. The van der Waals surface area contributed by atoms with Crippen LogP contribution in [0.4, 0.5) is 5.69 Å². The summed E-state index contributed by atoms with van der Waals surface area (Å²) in [7, 11) is 0. The van der Waals surface area contributed by atoms with E-state index in [1.807, 2.05) is 18.2 Å². The zero-order valence-electron chi connectivity index (χ0n) is 4.65. The van der Waals surface area contributed by atoms with Crippen LogP contribution in [0.25, 0.3) is 0 Å². The summed E-state index contributed by atoms with van der Waals surface area (Å²) in [4.78, 5) is 0. The Kier molecular flexibility index (Phi) is 2.15. The zero-order chi connectivity index (χ0) is 6.53. The van der Waals surface area contributed by atoms with Crippen molar-refractivity contribution in [3.63, 3.8) is 0 Å². The average Bonchev–Trinajstić information content (AvgIpc) is 1.91. The van der Waals surface area contributed by atoms with Gasteiger partial charge in [0.15, 0.2) is 0 Å². The van der Waals surface area contributed by atoms with Crippen LogP contribution < -0.4 is 0 Å². The summed E-state index contributed by atoms with van der Waals surface area (Å²) in [6.07, 6.45) is 0. The molecule has 0 saturated heterocycles. The van der Waals surface area contributed by atoms with Gasteiger partial charge in [-0.2, -0.15) is 8.57 Å². The monoisotopic (exact) mass is 139 g/mol. The lowest BCUT2D eigenvalue weighted by molar-refractivity contribution is 0.698. The molecule has 0 fully saturated rings. The second kappa shape index (κ2) is 3.14. The highest BCUT2D eigenvalue weighted by molar-refractivity contribution is 7.54. The van der Waals surface area contributed by atoms with Gasteiger partial charge < -0.3 is 0 Å². The summed E-state index contributed by atoms with van der Waals surface area (Å²) >= 11 is 0.230. The van der Waals surface area contributed by atoms with Crippen molar-refractivity contribution in [3.05, 3.63) is 30.3 Å². The van der Waals surface area contributed by atoms with Crippen molar-refractivity contribution in [2.45, 2.75) is 0 Å². The highest BCUT2D eigenvalue weighted by Gasteiger charge is 1.80. The third-order valence-corrected chi connectivity index (χ3v) is 1.18. The Morgan fingerprint density at radius 2 is 1.89 bits per heavy atom. The molecule has 0 aliphatic carbocycles. The second-order valence-corrected chi connectivity index (χ2v) is 1.83. The van der Waals surface area contributed by atoms with Gasteiger partial charge in [-0.3, -0.25) is 0 Å². The first-order valence-electron chi connectivity index (χ1n) is 2.48. The van der Waals surface area contributed by atoms with E-state index in [0.717, 1.165) is 5.69 Å². The van der Waals surface area contributed by atoms with Gasteiger partial charge in [-0.1, -0.05) is 18.2 Å². The Bertz CT molecular complexity index is 228. The zero-order valence-corrected chi connectivity index (χ0v) is 5.47. The predicted molar refractivity (Wildman–Crippen MR) is 36.7 cm³/mol. The minimum absolute atomic E-state index is 0.230. The second-order valence-electron chi connectivity index (χ2n) is 1.50. The molecule has 0 heterocycles. The Morgan fingerprint density at radius 1 is 1.22 bits per heavy atom. The van der Waals surface area contributed by atoms with Gasteiger partial charge in [-0.15, -0.1) is 0 Å². The van der Waals surface area contributed by atoms with Crippen LogP contribution in [-0.2, 0) is 11.5 Å². The van der Waals surface area contributed by atoms with Gasteiger partial charge in [-0.05, 0) is 12.1 Å². The van der Waals surface area contributed by atoms with Crippen LogP contribution in [0.1, 0.15) is 0 Å². The smallest absolute Gasteiger partial charge is 0.191 e. The fourth-order valence-electron chi connectivity index (χ4n) is 0.532. The maximum Gasteiger partial charge on any atom is 0.205 e. The normalized spacial score (nSPS) is 8.44. The Labute approximate surface area is 56.8 Å². The van der Waals surface area contributed by atoms with E-state index in [1.54, 1.807) is 12.1 Å². The first-order chi connectivity index (χ1) is 4.43. The number of hydrogen-bond donors (Lipinski definition) is 0. The molecule has 0 aliphatic heterocycles. The van der Waals surface area contributed by atoms with Crippen LogP contribution in [0.5, 0.6) is 0 Å². The molecular formula is C6H5NOS. The molecule has 0 radical (unpaired) electrons. The van der Waals surface area contributed by atoms with E-state index in [1.165, 1.54) is 0 Å². The lowest BCUT2D eigenvalue weighted by atomic mass is 10.3. The van der Waals surface area contributed by atoms with Gasteiger partial charge >= 0.3 is 0 Å². The number of nitrogens with zero attached hydrogens (tertiary/aromatic N) is 1. The summed E-state index contributed by atoms with van der Waals surface area (Å²) in [5, 5.41) is 0. The topological polar surface area (TPSA) is 29.4 Å². The molecule has 0 amide bonds. The average molecular weight is 139 g/mol. The van der Waals surface area contributed by atoms with Gasteiger partial charge in [-0.25, -0.2) is 0 Å². The maximum absolute atomic E-state index is 9.85. The van der Waals surface area contributed by atoms with Crippen LogP contribution >= 0.6 is 0 Å². The van der Waals surface area contributed by atoms with E-state index in [9.17, 15) is 4.21 Å². The quantitative estimate of drug-likeness (QED) is 0.582. The van der Waals surface area contributed by atoms with Gasteiger partial charge in [0.1, 0.15) is 0 Å². The predicted octanol–water partition coefficient (Wildman–Crippen LogP) is 1.71. The molecule has 0 saturated carbocycles. The van der Waals surface area contributed by atoms with E-state index in [4.69, 9.17) is 0 Å². The van der Waals surface area contributed by atoms with Crippen LogP contribution in [-0.4, -0.2) is 4.21 Å². The molecule has 1 aromatic carbocycles. The van der Waals surface area contributed by atoms with Gasteiger partial charge in [0, 0.05) is 0 Å². The molecule has 0 aromatic heterocycles. The van der Waals surface area contributed by atoms with Crippen molar-refractivity contribution in [2.24, 2.45) is 4.36 Å². The van der Waals surface area contributed by atoms with Crippen molar-refractivity contribution in [1.29, 1.82) is 0 Å². The molecule has 0 spiro atoms. The molecule has 0 bridgehead atoms. The molecule has 9 heavy (non-hydrogen) atoms. The summed E-state index contributed by atoms with van der Waals surface area (Å²) in [5.74, 6) is 0. The van der Waals surface area contributed by atoms with E-state index in [-0.39, 0.29) is 11.5 Å². The van der Waals surface area contributed by atoms with Crippen molar-refractivity contribution in [1.82, 2.24) is 0 Å². The number of benzene rings is 1. The van der Waals surface area contributed by atoms with E-state index in [0.29, 0.717) is 0 Å². The Balaban J connectivity index is 2.97. The third kappa shape index (κ3) is 1.77. The van der Waals surface area contributed by atoms with Gasteiger partial charge in [0.25, 0.3) is 0 Å². The highest BCUT2D eigenvalue weighted by Crippen LogP contribution is 2.07. The largest absolute Gasteiger partial charge is 0.205 e. The standard InChI is InChI=1S/C6H5NOS/c8-9-7-6-4-2-1-3-5-6/h1-5H. The molecule has 0 aliphatic rings. The minimum Gasteiger partial charge on any atom is -0.191 e. The summed E-state index contributed by atoms with van der Waals surface area (Å²) in [5.41, 5.74) is 0.720. The molecule has 0 unspecified atom stereocenters. The minimum atomic E-state index is 0.230. The summed E-state index contributed by atoms with van der Waals surface area (Å²) in [6, 6.07) is 9.13. The van der Waals surface area contributed by atoms with Crippen molar-refractivity contribution < 1.29 is 4.21 Å². The molecule has 0 N–H and O–H groups in total. The van der Waals surface area contributed by atoms with Crippen LogP contribution in [0.3, 0.4) is 0 Å². The van der Waals surface area contributed by atoms with Gasteiger partial charge in [0.2, 0.25) is 11.5 Å². The fraction of sp³-hybridized carbons (Fsp3) is 0. The van der Waals surface area contributed by atoms with E-state index < -0.39 is 0 Å². The van der Waals surface area contributed by atoms with Crippen LogP contribution in [0.2, 0.25) is 0 Å². The van der Waals surface area contributed by atoms with E-state index >= 15 is 0 Å². The first-order valence-corrected chi connectivity index (χ1v) is 3.18. The Hall–Kier alpha value is -0.960.